The van der Waals surface area contributed by atoms with E-state index in [1.807, 2.05) is 24.3 Å². The number of hydrogen-bond donors (Lipinski definition) is 0. The third kappa shape index (κ3) is 6.37. The Kier molecular flexibility index (Phi) is 7.03. The van der Waals surface area contributed by atoms with Crippen molar-refractivity contribution in [3.63, 3.8) is 0 Å². The van der Waals surface area contributed by atoms with Crippen LogP contribution in [0.25, 0.3) is 5.53 Å². The molecule has 0 saturated heterocycles. The molecule has 0 unspecified atom stereocenters. The standard InChI is InChI=1S/C18H18N4O3/c1-2-3-12-24-16-8-4-14(5-9-16)21-22-15-6-10-17(11-7-15)25-18(23)13-20-19/h4-11,13H,2-3,12H2,1H3. The highest BCUT2D eigenvalue weighted by Gasteiger charge is 2.05. The molecule has 2 aromatic carbocycles. The minimum absolute atomic E-state index is 0.317. The van der Waals surface area contributed by atoms with E-state index >= 15 is 0 Å². The van der Waals surface area contributed by atoms with Crippen LogP contribution >= 0.6 is 0 Å². The lowest BCUT2D eigenvalue weighted by atomic mass is 10.3. The first-order valence-electron chi connectivity index (χ1n) is 7.85. The van der Waals surface area contributed by atoms with Crippen molar-refractivity contribution < 1.29 is 19.1 Å². The first-order chi connectivity index (χ1) is 12.2. The Morgan fingerprint density at radius 3 is 2.12 bits per heavy atom. The van der Waals surface area contributed by atoms with Gasteiger partial charge in [-0.1, -0.05) is 13.3 Å². The number of nitrogens with zero attached hydrogens (tertiary/aromatic N) is 4. The quantitative estimate of drug-likeness (QED) is 0.177. The molecule has 2 aromatic rings. The van der Waals surface area contributed by atoms with Crippen molar-refractivity contribution in [2.45, 2.75) is 19.8 Å². The minimum atomic E-state index is -0.766. The van der Waals surface area contributed by atoms with E-state index < -0.39 is 5.97 Å². The van der Waals surface area contributed by atoms with Gasteiger partial charge in [0.15, 0.2) is 0 Å². The molecule has 25 heavy (non-hydrogen) atoms. The molecular formula is C18H18N4O3. The first kappa shape index (κ1) is 18.0. The number of hydrogen-bond acceptors (Lipinski definition) is 5. The third-order valence-corrected chi connectivity index (χ3v) is 3.10. The van der Waals surface area contributed by atoms with Gasteiger partial charge in [0.2, 0.25) is 0 Å². The monoisotopic (exact) mass is 338 g/mol. The summed E-state index contributed by atoms with van der Waals surface area (Å²) in [6.45, 7) is 2.82. The Hall–Kier alpha value is -3.31. The number of carbonyl (C=O) groups excluding carboxylic acids is 1. The highest BCUT2D eigenvalue weighted by Crippen LogP contribution is 2.23. The molecule has 0 aliphatic carbocycles. The molecule has 0 saturated carbocycles. The number of esters is 1. The smallest absolute Gasteiger partial charge is 0.419 e. The van der Waals surface area contributed by atoms with Gasteiger partial charge in [-0.25, -0.2) is 4.79 Å². The van der Waals surface area contributed by atoms with Gasteiger partial charge in [-0.15, -0.1) is 0 Å². The van der Waals surface area contributed by atoms with E-state index in [9.17, 15) is 4.79 Å². The average molecular weight is 338 g/mol. The van der Waals surface area contributed by atoms with E-state index in [4.69, 9.17) is 15.0 Å². The number of rotatable bonds is 8. The van der Waals surface area contributed by atoms with Crippen molar-refractivity contribution in [3.05, 3.63) is 54.1 Å². The van der Waals surface area contributed by atoms with Gasteiger partial charge in [-0.2, -0.15) is 15.0 Å². The van der Waals surface area contributed by atoms with E-state index in [2.05, 4.69) is 21.9 Å². The fraction of sp³-hybridized carbons (Fsp3) is 0.222. The highest BCUT2D eigenvalue weighted by atomic mass is 16.5. The zero-order valence-electron chi connectivity index (χ0n) is 13.8. The van der Waals surface area contributed by atoms with E-state index in [1.54, 1.807) is 24.3 Å². The van der Waals surface area contributed by atoms with Crippen LogP contribution in [-0.4, -0.2) is 23.6 Å². The lowest BCUT2D eigenvalue weighted by molar-refractivity contribution is -0.130. The first-order valence-corrected chi connectivity index (χ1v) is 7.85. The van der Waals surface area contributed by atoms with Crippen molar-refractivity contribution in [3.8, 4) is 11.5 Å². The molecule has 0 bridgehead atoms. The van der Waals surface area contributed by atoms with Crippen LogP contribution in [-0.2, 0) is 4.79 Å². The summed E-state index contributed by atoms with van der Waals surface area (Å²) in [4.78, 5) is 13.7. The molecule has 0 aliphatic heterocycles. The Morgan fingerprint density at radius 2 is 1.60 bits per heavy atom. The molecule has 2 rings (SSSR count). The molecular weight excluding hydrogens is 320 g/mol. The van der Waals surface area contributed by atoms with Gasteiger partial charge in [-0.05, 0) is 55.0 Å². The molecule has 7 heteroatoms. The highest BCUT2D eigenvalue weighted by molar-refractivity contribution is 6.21. The van der Waals surface area contributed by atoms with E-state index in [0.717, 1.165) is 18.6 Å². The zero-order chi connectivity index (χ0) is 17.9. The number of benzene rings is 2. The van der Waals surface area contributed by atoms with Crippen LogP contribution < -0.4 is 9.47 Å². The molecule has 7 nitrogen and oxygen atoms in total. The molecule has 0 aliphatic rings. The average Bonchev–Trinajstić information content (AvgIpc) is 2.63. The fourth-order valence-electron chi connectivity index (χ4n) is 1.83. The Balaban J connectivity index is 1.92. The van der Waals surface area contributed by atoms with Crippen molar-refractivity contribution in [1.82, 2.24) is 0 Å². The Bertz CT molecular complexity index is 764. The van der Waals surface area contributed by atoms with Gasteiger partial charge in [0.25, 0.3) is 0 Å². The molecule has 0 aromatic heterocycles. The van der Waals surface area contributed by atoms with Crippen LogP contribution in [0, 0.1) is 0 Å². The molecule has 0 amide bonds. The number of ether oxygens (including phenoxy) is 2. The number of unbranched alkanes of at least 4 members (excludes halogenated alkanes) is 1. The largest absolute Gasteiger partial charge is 0.494 e. The Morgan fingerprint density at radius 1 is 1.04 bits per heavy atom. The summed E-state index contributed by atoms with van der Waals surface area (Å²) in [6.07, 6.45) is 2.79. The molecule has 0 spiro atoms. The van der Waals surface area contributed by atoms with Crippen molar-refractivity contribution in [2.24, 2.45) is 10.2 Å². The van der Waals surface area contributed by atoms with Crippen molar-refractivity contribution in [1.29, 1.82) is 0 Å². The summed E-state index contributed by atoms with van der Waals surface area (Å²) in [7, 11) is 0. The summed E-state index contributed by atoms with van der Waals surface area (Å²) in [6, 6.07) is 13.8. The molecule has 0 atom stereocenters. The molecule has 0 fully saturated rings. The Labute approximate surface area is 145 Å². The van der Waals surface area contributed by atoms with Crippen molar-refractivity contribution in [2.75, 3.05) is 6.61 Å². The van der Waals surface area contributed by atoms with Crippen LogP contribution in [0.5, 0.6) is 11.5 Å². The van der Waals surface area contributed by atoms with Gasteiger partial charge >= 0.3 is 12.2 Å². The van der Waals surface area contributed by atoms with Gasteiger partial charge < -0.3 is 15.0 Å². The maximum absolute atomic E-state index is 11.1. The van der Waals surface area contributed by atoms with Gasteiger partial charge in [0, 0.05) is 0 Å². The number of azo groups is 1. The van der Waals surface area contributed by atoms with Gasteiger partial charge in [0.1, 0.15) is 11.5 Å². The lowest BCUT2D eigenvalue weighted by Gasteiger charge is -2.04. The summed E-state index contributed by atoms with van der Waals surface area (Å²) >= 11 is 0. The number of carbonyl (C=O) groups is 1. The lowest BCUT2D eigenvalue weighted by Crippen LogP contribution is -2.09. The summed E-state index contributed by atoms with van der Waals surface area (Å²) in [5, 5.41) is 8.26. The second kappa shape index (κ2) is 9.75. The molecule has 0 heterocycles. The predicted molar refractivity (Wildman–Crippen MR) is 92.8 cm³/mol. The third-order valence-electron chi connectivity index (χ3n) is 3.10. The molecule has 128 valence electrons. The van der Waals surface area contributed by atoms with Crippen LogP contribution in [0.2, 0.25) is 0 Å². The van der Waals surface area contributed by atoms with E-state index in [-0.39, 0.29) is 0 Å². The topological polar surface area (TPSA) is 96.7 Å². The second-order valence-corrected chi connectivity index (χ2v) is 5.06. The van der Waals surface area contributed by atoms with Crippen LogP contribution in [0.4, 0.5) is 11.4 Å². The van der Waals surface area contributed by atoms with Crippen LogP contribution in [0.15, 0.2) is 58.8 Å². The SMILES string of the molecule is CCCCOc1ccc(N=Nc2ccc(OC(=O)C=[N+]=[N-])cc2)cc1. The predicted octanol–water partition coefficient (Wildman–Crippen LogP) is 4.49. The van der Waals surface area contributed by atoms with Crippen LogP contribution in [0.3, 0.4) is 0 Å². The summed E-state index contributed by atoms with van der Waals surface area (Å²) in [5.74, 6) is 0.362. The van der Waals surface area contributed by atoms with Crippen molar-refractivity contribution >= 4 is 23.6 Å². The zero-order valence-corrected chi connectivity index (χ0v) is 13.8. The van der Waals surface area contributed by atoms with E-state index in [0.29, 0.717) is 29.9 Å². The summed E-state index contributed by atoms with van der Waals surface area (Å²) in [5.41, 5.74) is 9.56. The fourth-order valence-corrected chi connectivity index (χ4v) is 1.83. The minimum Gasteiger partial charge on any atom is -0.494 e. The van der Waals surface area contributed by atoms with E-state index in [1.165, 1.54) is 0 Å². The summed E-state index contributed by atoms with van der Waals surface area (Å²) < 4.78 is 10.5. The van der Waals surface area contributed by atoms with Gasteiger partial charge in [0.05, 0.1) is 18.0 Å². The normalized spacial score (nSPS) is 10.3. The van der Waals surface area contributed by atoms with Crippen LogP contribution in [0.1, 0.15) is 19.8 Å². The maximum atomic E-state index is 11.1. The second-order valence-electron chi connectivity index (χ2n) is 5.06. The molecule has 0 radical (unpaired) electrons. The maximum Gasteiger partial charge on any atom is 0.419 e. The van der Waals surface area contributed by atoms with Gasteiger partial charge in [-0.3, -0.25) is 0 Å². The molecule has 0 N–H and O–H groups in total.